The van der Waals surface area contributed by atoms with E-state index in [0.29, 0.717) is 29.0 Å². The summed E-state index contributed by atoms with van der Waals surface area (Å²) in [5.74, 6) is 2.77. The van der Waals surface area contributed by atoms with Crippen molar-refractivity contribution in [1.82, 2.24) is 4.90 Å². The zero-order chi connectivity index (χ0) is 35.1. The topological polar surface area (TPSA) is 65.1 Å². The quantitative estimate of drug-likeness (QED) is 0.131. The van der Waals surface area contributed by atoms with Gasteiger partial charge < -0.3 is 19.1 Å². The second-order valence-corrected chi connectivity index (χ2v) is 10.5. The predicted octanol–water partition coefficient (Wildman–Crippen LogP) is 7.99. The van der Waals surface area contributed by atoms with E-state index in [0.717, 1.165) is 0 Å². The van der Waals surface area contributed by atoms with Gasteiger partial charge in [0.05, 0.1) is 40.5 Å². The normalized spacial score (nSPS) is 15.2. The first-order valence-electron chi connectivity index (χ1n) is 14.8. The Morgan fingerprint density at radius 3 is 1.88 bits per heavy atom. The van der Waals surface area contributed by atoms with Gasteiger partial charge >= 0.3 is 24.3 Å². The van der Waals surface area contributed by atoms with Crippen LogP contribution in [0.5, 0.6) is 0 Å². The van der Waals surface area contributed by atoms with Crippen molar-refractivity contribution >= 4 is 17.6 Å². The average molecular weight is 672 g/mol. The second-order valence-electron chi connectivity index (χ2n) is 10.5. The molecule has 0 saturated heterocycles. The highest BCUT2D eigenvalue weighted by Crippen LogP contribution is 2.42. The molecule has 1 atom stereocenters. The Kier molecular flexibility index (Phi) is 11.4. The summed E-state index contributed by atoms with van der Waals surface area (Å²) in [6, 6.07) is 18.2. The SMILES string of the molecule is CCOCN1C(C)=C(C(=O)OCC)C(C#Cc2ccccc2)C(C(=O)OCc2cc(C(F)(F)F)cc(C(F)(F)F)c2)=C1c1ccccc1. The Labute approximate surface area is 273 Å². The fourth-order valence-corrected chi connectivity index (χ4v) is 5.04. The number of hydrogen-bond donors (Lipinski definition) is 0. The van der Waals surface area contributed by atoms with Gasteiger partial charge in [-0.25, -0.2) is 9.59 Å². The molecule has 0 saturated carbocycles. The van der Waals surface area contributed by atoms with Crippen molar-refractivity contribution in [2.75, 3.05) is 19.9 Å². The minimum atomic E-state index is -5.10. The van der Waals surface area contributed by atoms with Gasteiger partial charge in [-0.1, -0.05) is 60.4 Å². The molecular formula is C36H31F6NO5. The molecule has 0 spiro atoms. The molecule has 3 aromatic rings. The van der Waals surface area contributed by atoms with Crippen LogP contribution < -0.4 is 0 Å². The van der Waals surface area contributed by atoms with Crippen LogP contribution in [-0.4, -0.2) is 36.8 Å². The van der Waals surface area contributed by atoms with Gasteiger partial charge in [-0.15, -0.1) is 0 Å². The summed E-state index contributed by atoms with van der Waals surface area (Å²) in [4.78, 5) is 29.2. The van der Waals surface area contributed by atoms with Gasteiger partial charge in [0.2, 0.25) is 0 Å². The Balaban J connectivity index is 1.92. The van der Waals surface area contributed by atoms with Crippen LogP contribution in [0.2, 0.25) is 0 Å². The Hall–Kier alpha value is -5.02. The highest BCUT2D eigenvalue weighted by atomic mass is 19.4. The molecular weight excluding hydrogens is 640 g/mol. The largest absolute Gasteiger partial charge is 0.463 e. The lowest BCUT2D eigenvalue weighted by molar-refractivity contribution is -0.143. The molecule has 0 fully saturated rings. The van der Waals surface area contributed by atoms with Crippen LogP contribution in [0.3, 0.4) is 0 Å². The summed E-state index contributed by atoms with van der Waals surface area (Å²) < 4.78 is 97.8. The molecule has 4 rings (SSSR count). The van der Waals surface area contributed by atoms with Crippen LogP contribution in [0.25, 0.3) is 5.70 Å². The van der Waals surface area contributed by atoms with E-state index in [-0.39, 0.29) is 42.9 Å². The van der Waals surface area contributed by atoms with Crippen LogP contribution in [0.4, 0.5) is 26.3 Å². The third kappa shape index (κ3) is 8.46. The molecule has 3 aromatic carbocycles. The number of alkyl halides is 6. The lowest BCUT2D eigenvalue weighted by atomic mass is 9.83. The smallest absolute Gasteiger partial charge is 0.416 e. The van der Waals surface area contributed by atoms with E-state index >= 15 is 0 Å². The van der Waals surface area contributed by atoms with Gasteiger partial charge in [0, 0.05) is 17.9 Å². The Bertz CT molecular complexity index is 1720. The molecule has 1 unspecified atom stereocenters. The minimum absolute atomic E-state index is 0.00791. The maximum absolute atomic E-state index is 14.2. The third-order valence-corrected chi connectivity index (χ3v) is 7.24. The Morgan fingerprint density at radius 1 is 0.771 bits per heavy atom. The number of carbonyl (C=O) groups excluding carboxylic acids is 2. The van der Waals surface area contributed by atoms with Crippen LogP contribution >= 0.6 is 0 Å². The fourth-order valence-electron chi connectivity index (χ4n) is 5.04. The van der Waals surface area contributed by atoms with Crippen molar-refractivity contribution in [2.45, 2.75) is 39.7 Å². The van der Waals surface area contributed by atoms with Crippen molar-refractivity contribution in [3.8, 4) is 11.8 Å². The first kappa shape index (κ1) is 35.8. The number of esters is 2. The summed E-state index contributed by atoms with van der Waals surface area (Å²) in [6.07, 6.45) is -10.2. The van der Waals surface area contributed by atoms with E-state index in [4.69, 9.17) is 14.2 Å². The summed E-state index contributed by atoms with van der Waals surface area (Å²) in [5.41, 5.74) is -2.22. The van der Waals surface area contributed by atoms with E-state index in [2.05, 4.69) is 11.8 Å². The molecule has 0 amide bonds. The third-order valence-electron chi connectivity index (χ3n) is 7.24. The number of benzene rings is 3. The zero-order valence-electron chi connectivity index (χ0n) is 26.2. The van der Waals surface area contributed by atoms with Gasteiger partial charge in [0.15, 0.2) is 0 Å². The number of ether oxygens (including phenoxy) is 3. The van der Waals surface area contributed by atoms with E-state index in [1.165, 1.54) is 0 Å². The molecule has 1 aliphatic rings. The molecule has 1 heterocycles. The molecule has 6 nitrogen and oxygen atoms in total. The van der Waals surface area contributed by atoms with Crippen LogP contribution in [0.15, 0.2) is 95.7 Å². The van der Waals surface area contributed by atoms with Gasteiger partial charge in [-0.2, -0.15) is 26.3 Å². The van der Waals surface area contributed by atoms with E-state index in [1.807, 2.05) is 0 Å². The highest BCUT2D eigenvalue weighted by molar-refractivity contribution is 6.04. The highest BCUT2D eigenvalue weighted by Gasteiger charge is 2.41. The summed E-state index contributed by atoms with van der Waals surface area (Å²) in [7, 11) is 0. The van der Waals surface area contributed by atoms with Crippen molar-refractivity contribution in [1.29, 1.82) is 0 Å². The molecule has 0 bridgehead atoms. The fraction of sp³-hybridized carbons (Fsp3) is 0.278. The van der Waals surface area contributed by atoms with Crippen LogP contribution in [0.1, 0.15) is 48.6 Å². The van der Waals surface area contributed by atoms with E-state index in [9.17, 15) is 35.9 Å². The van der Waals surface area contributed by atoms with Crippen molar-refractivity contribution in [3.05, 3.63) is 124 Å². The predicted molar refractivity (Wildman–Crippen MR) is 164 cm³/mol. The van der Waals surface area contributed by atoms with Crippen molar-refractivity contribution in [2.24, 2.45) is 5.92 Å². The number of nitrogens with zero attached hydrogens (tertiary/aromatic N) is 1. The van der Waals surface area contributed by atoms with E-state index < -0.39 is 53.5 Å². The van der Waals surface area contributed by atoms with Gasteiger partial charge in [-0.3, -0.25) is 0 Å². The standard InChI is InChI=1S/C36H31F6NO5/c1-4-46-22-43-23(3)30(33(44)47-5-2)29(17-16-24-12-8-6-9-13-24)31(32(43)26-14-10-7-11-15-26)34(45)48-21-25-18-27(35(37,38)39)20-28(19-25)36(40,41)42/h6-15,18-20,29H,4-5,21-22H2,1-3H3. The summed E-state index contributed by atoms with van der Waals surface area (Å²) >= 11 is 0. The molecule has 0 aliphatic carbocycles. The number of halogens is 6. The maximum Gasteiger partial charge on any atom is 0.416 e. The van der Waals surface area contributed by atoms with Gasteiger partial charge in [-0.05, 0) is 62.2 Å². The first-order valence-corrected chi connectivity index (χ1v) is 14.8. The second kappa shape index (κ2) is 15.3. The van der Waals surface area contributed by atoms with Crippen molar-refractivity contribution in [3.63, 3.8) is 0 Å². The first-order chi connectivity index (χ1) is 22.8. The monoisotopic (exact) mass is 671 g/mol. The lowest BCUT2D eigenvalue weighted by Gasteiger charge is -2.37. The maximum atomic E-state index is 14.2. The van der Waals surface area contributed by atoms with Gasteiger partial charge in [0.1, 0.15) is 13.3 Å². The van der Waals surface area contributed by atoms with Crippen molar-refractivity contribution < 1.29 is 50.1 Å². The molecule has 252 valence electrons. The van der Waals surface area contributed by atoms with E-state index in [1.54, 1.807) is 86.3 Å². The molecule has 1 aliphatic heterocycles. The zero-order valence-corrected chi connectivity index (χ0v) is 26.2. The molecule has 0 aromatic heterocycles. The lowest BCUT2D eigenvalue weighted by Crippen LogP contribution is -2.37. The number of carbonyl (C=O) groups is 2. The molecule has 48 heavy (non-hydrogen) atoms. The van der Waals surface area contributed by atoms with Crippen LogP contribution in [-0.2, 0) is 42.8 Å². The van der Waals surface area contributed by atoms with Crippen LogP contribution in [0, 0.1) is 17.8 Å². The molecule has 12 heteroatoms. The van der Waals surface area contributed by atoms with Gasteiger partial charge in [0.25, 0.3) is 0 Å². The summed E-state index contributed by atoms with van der Waals surface area (Å²) in [5, 5.41) is 0. The molecule has 0 radical (unpaired) electrons. The number of allylic oxidation sites excluding steroid dienone is 1. The number of rotatable bonds is 9. The minimum Gasteiger partial charge on any atom is -0.463 e. The number of hydrogen-bond acceptors (Lipinski definition) is 6. The molecule has 0 N–H and O–H groups in total. The Morgan fingerprint density at radius 2 is 1.33 bits per heavy atom. The average Bonchev–Trinajstić information content (AvgIpc) is 3.05. The summed E-state index contributed by atoms with van der Waals surface area (Å²) in [6.45, 7) is 4.15.